The molecule has 1 saturated heterocycles. The molecular weight excluding hydrogens is 477 g/mol. The second kappa shape index (κ2) is 9.41. The Labute approximate surface area is 195 Å². The molecule has 1 aliphatic heterocycles. The molecule has 0 aliphatic carbocycles. The molecule has 0 bridgehead atoms. The Morgan fingerprint density at radius 2 is 1.77 bits per heavy atom. The van der Waals surface area contributed by atoms with Crippen LogP contribution in [0.25, 0.3) is 11.1 Å². The number of hydrogen-bond donors (Lipinski definition) is 2. The highest BCUT2D eigenvalue weighted by molar-refractivity contribution is 6.05. The number of ether oxygens (including phenoxy) is 1. The molecule has 1 aliphatic rings. The van der Waals surface area contributed by atoms with Crippen LogP contribution in [0.2, 0.25) is 0 Å². The van der Waals surface area contributed by atoms with Crippen LogP contribution in [0, 0.1) is 0 Å². The van der Waals surface area contributed by atoms with Crippen LogP contribution in [-0.2, 0) is 0 Å². The molecule has 4 rings (SSSR count). The maximum absolute atomic E-state index is 13.0. The number of alkyl halides is 5. The van der Waals surface area contributed by atoms with E-state index >= 15 is 0 Å². The normalized spacial score (nSPS) is 16.3. The average molecular weight is 495 g/mol. The van der Waals surface area contributed by atoms with Crippen molar-refractivity contribution >= 4 is 17.4 Å². The van der Waals surface area contributed by atoms with Crippen LogP contribution in [0.5, 0.6) is 5.75 Å². The van der Waals surface area contributed by atoms with Gasteiger partial charge in [0.2, 0.25) is 0 Å². The van der Waals surface area contributed by atoms with Crippen molar-refractivity contribution in [2.75, 3.05) is 23.3 Å². The fourth-order valence-electron chi connectivity index (χ4n) is 3.43. The molecule has 1 fully saturated rings. The maximum Gasteiger partial charge on any atom is 0.499 e. The molecule has 2 aromatic heterocycles. The summed E-state index contributed by atoms with van der Waals surface area (Å²) < 4.78 is 66.7. The lowest BCUT2D eigenvalue weighted by Crippen LogP contribution is -2.41. The number of halogens is 5. The number of aliphatic hydroxyl groups is 1. The molecule has 13 heteroatoms. The summed E-state index contributed by atoms with van der Waals surface area (Å²) in [5.74, 6) is -0.784. The van der Waals surface area contributed by atoms with E-state index in [0.717, 1.165) is 24.3 Å². The quantitative estimate of drug-likeness (QED) is 0.501. The van der Waals surface area contributed by atoms with Gasteiger partial charge < -0.3 is 20.1 Å². The van der Waals surface area contributed by atoms with Gasteiger partial charge in [0.25, 0.3) is 5.91 Å². The molecule has 3 heterocycles. The second-order valence-corrected chi connectivity index (χ2v) is 7.71. The topological polar surface area (TPSA) is 100 Å². The van der Waals surface area contributed by atoms with E-state index in [9.17, 15) is 31.9 Å². The monoisotopic (exact) mass is 495 g/mol. The number of amides is 1. The fraction of sp³-hybridized carbons (Fsp3) is 0.273. The number of carbonyl (C=O) groups is 1. The molecule has 184 valence electrons. The van der Waals surface area contributed by atoms with E-state index < -0.39 is 30.0 Å². The summed E-state index contributed by atoms with van der Waals surface area (Å²) in [4.78, 5) is 27.1. The summed E-state index contributed by atoms with van der Waals surface area (Å²) in [7, 11) is 0. The number of pyridine rings is 1. The van der Waals surface area contributed by atoms with Crippen LogP contribution in [0.15, 0.2) is 55.2 Å². The maximum atomic E-state index is 13.0. The highest BCUT2D eigenvalue weighted by atomic mass is 19.4. The lowest BCUT2D eigenvalue weighted by atomic mass is 10.1. The molecule has 0 saturated carbocycles. The molecule has 1 unspecified atom stereocenters. The largest absolute Gasteiger partial charge is 0.499 e. The number of aliphatic hydroxyl groups excluding tert-OH is 1. The van der Waals surface area contributed by atoms with Gasteiger partial charge in [0.05, 0.1) is 11.7 Å². The van der Waals surface area contributed by atoms with E-state index in [4.69, 9.17) is 0 Å². The average Bonchev–Trinajstić information content (AvgIpc) is 3.25. The number of nitrogens with one attached hydrogen (secondary N) is 1. The molecule has 8 nitrogen and oxygen atoms in total. The molecule has 2 N–H and O–H groups in total. The molecule has 0 spiro atoms. The number of β-amino-alcohol motifs (C(OH)–C–C–N with tert-alkyl or cyclic N) is 1. The van der Waals surface area contributed by atoms with E-state index in [2.05, 4.69) is 25.0 Å². The third-order valence-electron chi connectivity index (χ3n) is 5.15. The number of rotatable bonds is 6. The van der Waals surface area contributed by atoms with Gasteiger partial charge in [0.15, 0.2) is 0 Å². The van der Waals surface area contributed by atoms with E-state index in [-0.39, 0.29) is 11.3 Å². The van der Waals surface area contributed by atoms with Gasteiger partial charge in [0.1, 0.15) is 17.9 Å². The van der Waals surface area contributed by atoms with E-state index in [1.54, 1.807) is 18.5 Å². The molecule has 1 amide bonds. The van der Waals surface area contributed by atoms with Crippen LogP contribution in [0.1, 0.15) is 16.8 Å². The van der Waals surface area contributed by atoms with Gasteiger partial charge in [-0.2, -0.15) is 22.0 Å². The number of nitrogens with zero attached hydrogens (tertiary/aromatic N) is 4. The predicted molar refractivity (Wildman–Crippen MR) is 114 cm³/mol. The fourth-order valence-corrected chi connectivity index (χ4v) is 3.43. The number of carbonyl (C=O) groups excluding carboxylic acids is 1. The van der Waals surface area contributed by atoms with Crippen molar-refractivity contribution in [3.8, 4) is 16.9 Å². The predicted octanol–water partition coefficient (Wildman–Crippen LogP) is 3.90. The summed E-state index contributed by atoms with van der Waals surface area (Å²) in [5, 5.41) is 12.4. The van der Waals surface area contributed by atoms with Gasteiger partial charge in [0, 0.05) is 48.5 Å². The molecule has 0 radical (unpaired) electrons. The summed E-state index contributed by atoms with van der Waals surface area (Å²) in [6, 6.07) is 5.57. The third kappa shape index (κ3) is 5.45. The highest BCUT2D eigenvalue weighted by Crippen LogP contribution is 2.37. The van der Waals surface area contributed by atoms with E-state index in [1.165, 1.54) is 12.5 Å². The Bertz CT molecular complexity index is 1190. The van der Waals surface area contributed by atoms with Crippen molar-refractivity contribution in [1.29, 1.82) is 0 Å². The van der Waals surface area contributed by atoms with E-state index in [0.29, 0.717) is 36.5 Å². The Hall–Kier alpha value is -3.87. The molecule has 1 aromatic carbocycles. The van der Waals surface area contributed by atoms with Gasteiger partial charge >= 0.3 is 12.3 Å². The van der Waals surface area contributed by atoms with Crippen LogP contribution >= 0.6 is 0 Å². The standard InChI is InChI=1S/C22H18F5N5O3/c23-21(24,25)22(26,27)35-17-3-1-15(2-4-17)31-20(34)13-7-18(14-8-28-12-29-9-14)19(30-10-13)32-6-5-16(33)11-32/h1-4,7-10,12,16,33H,5-6,11H2,(H,31,34). The first-order valence-electron chi connectivity index (χ1n) is 10.3. The number of hydrogen-bond acceptors (Lipinski definition) is 7. The van der Waals surface area contributed by atoms with Crippen molar-refractivity contribution < 1.29 is 36.6 Å². The highest BCUT2D eigenvalue weighted by Gasteiger charge is 2.61. The van der Waals surface area contributed by atoms with Gasteiger partial charge in [-0.3, -0.25) is 4.79 Å². The minimum Gasteiger partial charge on any atom is -0.426 e. The summed E-state index contributed by atoms with van der Waals surface area (Å²) >= 11 is 0. The zero-order valence-corrected chi connectivity index (χ0v) is 17.8. The minimum absolute atomic E-state index is 0.133. The zero-order chi connectivity index (χ0) is 25.2. The Morgan fingerprint density at radius 3 is 2.37 bits per heavy atom. The Morgan fingerprint density at radius 1 is 1.09 bits per heavy atom. The van der Waals surface area contributed by atoms with Gasteiger partial charge in [-0.1, -0.05) is 0 Å². The van der Waals surface area contributed by atoms with E-state index in [1.807, 2.05) is 4.90 Å². The minimum atomic E-state index is -5.87. The Balaban J connectivity index is 1.54. The van der Waals surface area contributed by atoms with Crippen LogP contribution in [0.4, 0.5) is 33.5 Å². The second-order valence-electron chi connectivity index (χ2n) is 7.71. The zero-order valence-electron chi connectivity index (χ0n) is 17.8. The molecular formula is C22H18F5N5O3. The third-order valence-corrected chi connectivity index (χ3v) is 5.15. The smallest absolute Gasteiger partial charge is 0.426 e. The SMILES string of the molecule is O=C(Nc1ccc(OC(F)(F)C(F)(F)F)cc1)c1cnc(N2CCC(O)C2)c(-c2cncnc2)c1. The first-order chi connectivity index (χ1) is 16.5. The molecule has 1 atom stereocenters. The number of anilines is 2. The summed E-state index contributed by atoms with van der Waals surface area (Å²) in [5.41, 5.74) is 1.44. The van der Waals surface area contributed by atoms with Gasteiger partial charge in [-0.05, 0) is 36.8 Å². The van der Waals surface area contributed by atoms with Crippen LogP contribution < -0.4 is 15.0 Å². The lowest BCUT2D eigenvalue weighted by molar-refractivity contribution is -0.360. The van der Waals surface area contributed by atoms with Crippen molar-refractivity contribution in [2.45, 2.75) is 24.8 Å². The van der Waals surface area contributed by atoms with Crippen molar-refractivity contribution in [3.05, 3.63) is 60.8 Å². The van der Waals surface area contributed by atoms with Crippen LogP contribution in [0.3, 0.4) is 0 Å². The van der Waals surface area contributed by atoms with Gasteiger partial charge in [-0.15, -0.1) is 0 Å². The summed E-state index contributed by atoms with van der Waals surface area (Å²) in [6.07, 6.45) is -5.35. The number of aromatic nitrogens is 3. The number of benzene rings is 1. The summed E-state index contributed by atoms with van der Waals surface area (Å²) in [6.45, 7) is 0.948. The first kappa shape index (κ1) is 24.3. The molecule has 35 heavy (non-hydrogen) atoms. The van der Waals surface area contributed by atoms with Crippen molar-refractivity contribution in [1.82, 2.24) is 15.0 Å². The van der Waals surface area contributed by atoms with Crippen LogP contribution in [-0.4, -0.2) is 57.4 Å². The van der Waals surface area contributed by atoms with Crippen molar-refractivity contribution in [2.24, 2.45) is 0 Å². The lowest BCUT2D eigenvalue weighted by Gasteiger charge is -2.21. The first-order valence-corrected chi connectivity index (χ1v) is 10.3. The molecule has 3 aromatic rings. The Kier molecular flexibility index (Phi) is 6.52. The van der Waals surface area contributed by atoms with Gasteiger partial charge in [-0.25, -0.2) is 15.0 Å². The van der Waals surface area contributed by atoms with Crippen molar-refractivity contribution in [3.63, 3.8) is 0 Å².